The topological polar surface area (TPSA) is 35.2 Å². The summed E-state index contributed by atoms with van der Waals surface area (Å²) in [6.07, 6.45) is 2.54. The van der Waals surface area contributed by atoms with Gasteiger partial charge in [-0.3, -0.25) is 0 Å². The van der Waals surface area contributed by atoms with Crippen LogP contribution in [0, 0.1) is 5.92 Å². The number of hydrogen-bond acceptors (Lipinski definition) is 2. The molecule has 0 spiro atoms. The van der Waals surface area contributed by atoms with E-state index in [1.54, 1.807) is 0 Å². The van der Waals surface area contributed by atoms with Crippen LogP contribution in [-0.2, 0) is 4.74 Å². The molecule has 0 radical (unpaired) electrons. The third-order valence-corrected chi connectivity index (χ3v) is 3.10. The zero-order valence-electron chi connectivity index (χ0n) is 9.53. The van der Waals surface area contributed by atoms with Crippen molar-refractivity contribution in [2.45, 2.75) is 31.9 Å². The van der Waals surface area contributed by atoms with Gasteiger partial charge in [-0.05, 0) is 43.4 Å². The Morgan fingerprint density at radius 2 is 2.25 bits per heavy atom. The van der Waals surface area contributed by atoms with Gasteiger partial charge in [0.2, 0.25) is 0 Å². The van der Waals surface area contributed by atoms with Crippen LogP contribution in [0.5, 0.6) is 0 Å². The molecule has 1 saturated carbocycles. The van der Waals surface area contributed by atoms with Crippen molar-refractivity contribution in [3.8, 4) is 0 Å². The SMILES string of the molecule is CC(N)C(OCC1CC1)c1cccc(Cl)c1. The van der Waals surface area contributed by atoms with E-state index in [-0.39, 0.29) is 12.1 Å². The number of halogens is 1. The number of rotatable bonds is 5. The molecule has 1 fully saturated rings. The summed E-state index contributed by atoms with van der Waals surface area (Å²) in [5.74, 6) is 0.750. The minimum Gasteiger partial charge on any atom is -0.372 e. The van der Waals surface area contributed by atoms with Gasteiger partial charge in [-0.15, -0.1) is 0 Å². The first-order valence-corrected chi connectivity index (χ1v) is 6.17. The molecule has 0 saturated heterocycles. The maximum absolute atomic E-state index is 5.97. The molecule has 3 heteroatoms. The predicted molar refractivity (Wildman–Crippen MR) is 66.5 cm³/mol. The number of ether oxygens (including phenoxy) is 1. The standard InChI is InChI=1S/C13H18ClNO/c1-9(15)13(16-8-10-5-6-10)11-3-2-4-12(14)7-11/h2-4,7,9-10,13H,5-6,8,15H2,1H3. The van der Waals surface area contributed by atoms with E-state index in [1.165, 1.54) is 12.8 Å². The minimum atomic E-state index is -0.0423. The van der Waals surface area contributed by atoms with Gasteiger partial charge in [0.25, 0.3) is 0 Å². The fraction of sp³-hybridized carbons (Fsp3) is 0.538. The van der Waals surface area contributed by atoms with Crippen LogP contribution in [0.4, 0.5) is 0 Å². The largest absolute Gasteiger partial charge is 0.372 e. The smallest absolute Gasteiger partial charge is 0.0973 e. The van der Waals surface area contributed by atoms with Crippen molar-refractivity contribution in [3.63, 3.8) is 0 Å². The van der Waals surface area contributed by atoms with E-state index in [0.29, 0.717) is 0 Å². The lowest BCUT2D eigenvalue weighted by atomic mass is 10.0. The summed E-state index contributed by atoms with van der Waals surface area (Å²) < 4.78 is 5.88. The van der Waals surface area contributed by atoms with Crippen LogP contribution in [0.1, 0.15) is 31.4 Å². The maximum Gasteiger partial charge on any atom is 0.0973 e. The molecule has 2 atom stereocenters. The van der Waals surface area contributed by atoms with E-state index < -0.39 is 0 Å². The summed E-state index contributed by atoms with van der Waals surface area (Å²) in [6, 6.07) is 7.74. The van der Waals surface area contributed by atoms with Crippen LogP contribution in [0.25, 0.3) is 0 Å². The van der Waals surface area contributed by atoms with Crippen molar-refractivity contribution in [1.29, 1.82) is 0 Å². The van der Waals surface area contributed by atoms with Gasteiger partial charge in [0, 0.05) is 11.1 Å². The molecule has 0 aliphatic heterocycles. The van der Waals surface area contributed by atoms with Crippen LogP contribution >= 0.6 is 11.6 Å². The summed E-state index contributed by atoms with van der Waals surface area (Å²) in [5, 5.41) is 0.734. The van der Waals surface area contributed by atoms with Gasteiger partial charge < -0.3 is 10.5 Å². The molecule has 1 aromatic carbocycles. The molecule has 2 N–H and O–H groups in total. The van der Waals surface area contributed by atoms with E-state index in [0.717, 1.165) is 23.1 Å². The molecule has 16 heavy (non-hydrogen) atoms. The first-order valence-electron chi connectivity index (χ1n) is 5.79. The zero-order chi connectivity index (χ0) is 11.5. The lowest BCUT2D eigenvalue weighted by Crippen LogP contribution is -2.27. The van der Waals surface area contributed by atoms with Crippen LogP contribution in [0.2, 0.25) is 5.02 Å². The Bertz CT molecular complexity index is 350. The van der Waals surface area contributed by atoms with E-state index >= 15 is 0 Å². The summed E-state index contributed by atoms with van der Waals surface area (Å²) in [7, 11) is 0. The molecule has 2 nitrogen and oxygen atoms in total. The summed E-state index contributed by atoms with van der Waals surface area (Å²) in [6.45, 7) is 2.79. The monoisotopic (exact) mass is 239 g/mol. The molecule has 2 unspecified atom stereocenters. The molecule has 2 rings (SSSR count). The summed E-state index contributed by atoms with van der Waals surface area (Å²) in [5.41, 5.74) is 7.03. The van der Waals surface area contributed by atoms with Crippen molar-refractivity contribution >= 4 is 11.6 Å². The highest BCUT2D eigenvalue weighted by atomic mass is 35.5. The lowest BCUT2D eigenvalue weighted by Gasteiger charge is -2.22. The van der Waals surface area contributed by atoms with Gasteiger partial charge in [-0.1, -0.05) is 23.7 Å². The third kappa shape index (κ3) is 3.21. The Kier molecular flexibility index (Phi) is 3.85. The van der Waals surface area contributed by atoms with E-state index in [9.17, 15) is 0 Å². The molecule has 1 aromatic rings. The molecular formula is C13H18ClNO. The van der Waals surface area contributed by atoms with Crippen molar-refractivity contribution in [2.24, 2.45) is 11.7 Å². The number of benzene rings is 1. The second-order valence-corrected chi connectivity index (χ2v) is 5.05. The number of nitrogens with two attached hydrogens (primary N) is 1. The van der Waals surface area contributed by atoms with Gasteiger partial charge in [0.05, 0.1) is 12.7 Å². The highest BCUT2D eigenvalue weighted by Gasteiger charge is 2.25. The summed E-state index contributed by atoms with van der Waals surface area (Å²) >= 11 is 5.97. The quantitative estimate of drug-likeness (QED) is 0.857. The van der Waals surface area contributed by atoms with Crippen LogP contribution in [0.15, 0.2) is 24.3 Å². The minimum absolute atomic E-state index is 0.0165. The molecule has 0 bridgehead atoms. The van der Waals surface area contributed by atoms with Gasteiger partial charge in [-0.25, -0.2) is 0 Å². The van der Waals surface area contributed by atoms with Gasteiger partial charge in [0.15, 0.2) is 0 Å². The normalized spacial score (nSPS) is 19.4. The Labute approximate surface area is 102 Å². The Morgan fingerprint density at radius 3 is 2.81 bits per heavy atom. The van der Waals surface area contributed by atoms with Crippen molar-refractivity contribution in [2.75, 3.05) is 6.61 Å². The summed E-state index contributed by atoms with van der Waals surface area (Å²) in [4.78, 5) is 0. The fourth-order valence-corrected chi connectivity index (χ4v) is 1.96. The Morgan fingerprint density at radius 1 is 1.50 bits per heavy atom. The lowest BCUT2D eigenvalue weighted by molar-refractivity contribution is 0.0314. The average Bonchev–Trinajstić information content (AvgIpc) is 3.01. The maximum atomic E-state index is 5.97. The van der Waals surface area contributed by atoms with Crippen LogP contribution in [0.3, 0.4) is 0 Å². The second kappa shape index (κ2) is 5.17. The van der Waals surface area contributed by atoms with E-state index in [1.807, 2.05) is 31.2 Å². The zero-order valence-corrected chi connectivity index (χ0v) is 10.3. The first kappa shape index (κ1) is 11.9. The first-order chi connectivity index (χ1) is 7.66. The molecular weight excluding hydrogens is 222 g/mol. The molecule has 1 aliphatic carbocycles. The Balaban J connectivity index is 2.04. The molecule has 0 heterocycles. The van der Waals surface area contributed by atoms with Gasteiger partial charge in [-0.2, -0.15) is 0 Å². The third-order valence-electron chi connectivity index (χ3n) is 2.86. The Hall–Kier alpha value is -0.570. The fourth-order valence-electron chi connectivity index (χ4n) is 1.76. The van der Waals surface area contributed by atoms with Gasteiger partial charge >= 0.3 is 0 Å². The van der Waals surface area contributed by atoms with E-state index in [4.69, 9.17) is 22.1 Å². The molecule has 0 amide bonds. The van der Waals surface area contributed by atoms with Crippen molar-refractivity contribution in [3.05, 3.63) is 34.9 Å². The molecule has 88 valence electrons. The second-order valence-electron chi connectivity index (χ2n) is 4.61. The highest BCUT2D eigenvalue weighted by molar-refractivity contribution is 6.30. The number of hydrogen-bond donors (Lipinski definition) is 1. The highest BCUT2D eigenvalue weighted by Crippen LogP contribution is 2.32. The average molecular weight is 240 g/mol. The van der Waals surface area contributed by atoms with E-state index in [2.05, 4.69) is 0 Å². The van der Waals surface area contributed by atoms with Crippen LogP contribution in [-0.4, -0.2) is 12.6 Å². The predicted octanol–water partition coefficient (Wildman–Crippen LogP) is 3.15. The van der Waals surface area contributed by atoms with Gasteiger partial charge in [0.1, 0.15) is 0 Å². The molecule has 0 aromatic heterocycles. The van der Waals surface area contributed by atoms with Crippen molar-refractivity contribution < 1.29 is 4.74 Å². The van der Waals surface area contributed by atoms with Crippen molar-refractivity contribution in [1.82, 2.24) is 0 Å². The van der Waals surface area contributed by atoms with Crippen LogP contribution < -0.4 is 5.73 Å². The molecule has 1 aliphatic rings.